The molecule has 0 amide bonds. The van der Waals surface area contributed by atoms with Gasteiger partial charge in [-0.15, -0.1) is 0 Å². The first-order valence-electron chi connectivity index (χ1n) is 7.86. The molecule has 0 heterocycles. The number of hydrogen-bond acceptors (Lipinski definition) is 2. The Bertz CT molecular complexity index is 354. The molecule has 0 spiro atoms. The van der Waals surface area contributed by atoms with Crippen LogP contribution in [0.3, 0.4) is 0 Å². The highest BCUT2D eigenvalue weighted by Gasteiger charge is 2.39. The summed E-state index contributed by atoms with van der Waals surface area (Å²) < 4.78 is 0. The van der Waals surface area contributed by atoms with Crippen molar-refractivity contribution in [3.8, 4) is 0 Å². The van der Waals surface area contributed by atoms with Crippen LogP contribution in [0.2, 0.25) is 0 Å². The molecular weight excluding hydrogens is 232 g/mol. The molecule has 2 nitrogen and oxygen atoms in total. The fourth-order valence-electron chi connectivity index (χ4n) is 3.38. The van der Waals surface area contributed by atoms with Crippen molar-refractivity contribution in [1.29, 1.82) is 0 Å². The maximum atomic E-state index is 3.71. The molecule has 0 aromatic rings. The van der Waals surface area contributed by atoms with Gasteiger partial charge in [0, 0.05) is 24.2 Å². The van der Waals surface area contributed by atoms with E-state index in [9.17, 15) is 0 Å². The van der Waals surface area contributed by atoms with Crippen LogP contribution in [0, 0.1) is 11.8 Å². The summed E-state index contributed by atoms with van der Waals surface area (Å²) in [6.45, 7) is 15.8. The van der Waals surface area contributed by atoms with Crippen LogP contribution in [0.1, 0.15) is 60.8 Å². The third-order valence-corrected chi connectivity index (χ3v) is 4.46. The Morgan fingerprint density at radius 3 is 2.21 bits per heavy atom. The summed E-state index contributed by atoms with van der Waals surface area (Å²) >= 11 is 0. The van der Waals surface area contributed by atoms with Gasteiger partial charge in [-0.1, -0.05) is 11.1 Å². The highest BCUT2D eigenvalue weighted by Crippen LogP contribution is 2.47. The average Bonchev–Trinajstić information content (AvgIpc) is 2.81. The van der Waals surface area contributed by atoms with Gasteiger partial charge in [0.1, 0.15) is 0 Å². The minimum Gasteiger partial charge on any atom is -0.311 e. The van der Waals surface area contributed by atoms with E-state index in [0.29, 0.717) is 0 Å². The molecule has 2 N–H and O–H groups in total. The third-order valence-electron chi connectivity index (χ3n) is 4.46. The minimum atomic E-state index is 0.220. The predicted molar refractivity (Wildman–Crippen MR) is 83.4 cm³/mol. The molecule has 0 aromatic heterocycles. The van der Waals surface area contributed by atoms with Gasteiger partial charge in [0.25, 0.3) is 0 Å². The first kappa shape index (κ1) is 15.1. The van der Waals surface area contributed by atoms with Crippen molar-refractivity contribution in [1.82, 2.24) is 10.6 Å². The van der Waals surface area contributed by atoms with Crippen LogP contribution in [0.15, 0.2) is 11.1 Å². The van der Waals surface area contributed by atoms with E-state index in [4.69, 9.17) is 0 Å². The van der Waals surface area contributed by atoms with E-state index in [2.05, 4.69) is 52.2 Å². The molecule has 2 rings (SSSR count). The summed E-state index contributed by atoms with van der Waals surface area (Å²) in [5.74, 6) is 1.69. The Morgan fingerprint density at radius 1 is 1.00 bits per heavy atom. The third kappa shape index (κ3) is 4.06. The Labute approximate surface area is 119 Å². The van der Waals surface area contributed by atoms with E-state index in [0.717, 1.165) is 24.9 Å². The lowest BCUT2D eigenvalue weighted by atomic mass is 9.85. The minimum absolute atomic E-state index is 0.220. The smallest absolute Gasteiger partial charge is 0.0175 e. The second-order valence-electron chi connectivity index (χ2n) is 8.47. The molecule has 1 fully saturated rings. The summed E-state index contributed by atoms with van der Waals surface area (Å²) in [7, 11) is 0. The second-order valence-corrected chi connectivity index (χ2v) is 8.47. The molecule has 0 radical (unpaired) electrons. The fraction of sp³-hybridized carbons (Fsp3) is 0.882. The lowest BCUT2D eigenvalue weighted by molar-refractivity contribution is 0.321. The Hall–Kier alpha value is -0.340. The average molecular weight is 264 g/mol. The maximum Gasteiger partial charge on any atom is 0.0175 e. The highest BCUT2D eigenvalue weighted by molar-refractivity contribution is 5.31. The van der Waals surface area contributed by atoms with Gasteiger partial charge in [-0.2, -0.15) is 0 Å². The summed E-state index contributed by atoms with van der Waals surface area (Å²) in [5, 5.41) is 7.40. The van der Waals surface area contributed by atoms with Gasteiger partial charge in [0.15, 0.2) is 0 Å². The van der Waals surface area contributed by atoms with Crippen molar-refractivity contribution in [3.63, 3.8) is 0 Å². The van der Waals surface area contributed by atoms with Crippen LogP contribution < -0.4 is 10.6 Å². The monoisotopic (exact) mass is 264 g/mol. The van der Waals surface area contributed by atoms with Crippen molar-refractivity contribution in [3.05, 3.63) is 11.1 Å². The van der Waals surface area contributed by atoms with Crippen LogP contribution in [0.25, 0.3) is 0 Å². The summed E-state index contributed by atoms with van der Waals surface area (Å²) in [6.07, 6.45) is 4.15. The second kappa shape index (κ2) is 5.21. The molecule has 2 atom stereocenters. The molecule has 110 valence electrons. The van der Waals surface area contributed by atoms with Crippen molar-refractivity contribution in [2.75, 3.05) is 13.1 Å². The predicted octanol–water partition coefficient (Wildman–Crippen LogP) is 3.49. The number of hydrogen-bond donors (Lipinski definition) is 2. The summed E-state index contributed by atoms with van der Waals surface area (Å²) in [6, 6.07) is 0. The van der Waals surface area contributed by atoms with Crippen LogP contribution in [-0.2, 0) is 0 Å². The lowest BCUT2D eigenvalue weighted by Gasteiger charge is -2.31. The Morgan fingerprint density at radius 2 is 1.63 bits per heavy atom. The normalized spacial score (nSPS) is 27.5. The summed E-state index contributed by atoms with van der Waals surface area (Å²) in [5.41, 5.74) is 3.94. The molecule has 1 saturated carbocycles. The molecule has 2 aliphatic rings. The Kier molecular flexibility index (Phi) is 4.13. The molecule has 0 unspecified atom stereocenters. The maximum absolute atomic E-state index is 3.71. The van der Waals surface area contributed by atoms with E-state index < -0.39 is 0 Å². The standard InChI is InChI=1S/C17H32N2/c1-16(2,3)18-10-14-12-7-8-13(9-12)15(14)11-19-17(4,5)6/h12,14,18-19H,7-11H2,1-6H3/t12-,14+/m1/s1. The van der Waals surface area contributed by atoms with Crippen molar-refractivity contribution in [2.24, 2.45) is 11.8 Å². The molecule has 0 aliphatic heterocycles. The highest BCUT2D eigenvalue weighted by atomic mass is 15.0. The van der Waals surface area contributed by atoms with Gasteiger partial charge < -0.3 is 10.6 Å². The largest absolute Gasteiger partial charge is 0.311 e. The number of allylic oxidation sites excluding steroid dienone is 1. The van der Waals surface area contributed by atoms with E-state index >= 15 is 0 Å². The first-order chi connectivity index (χ1) is 8.66. The SMILES string of the molecule is CC(C)(C)NCC1=C2CC[C@H](C2)[C@@H]1CNC(C)(C)C. The van der Waals surface area contributed by atoms with Crippen LogP contribution in [0.4, 0.5) is 0 Å². The molecule has 2 heteroatoms. The van der Waals surface area contributed by atoms with Crippen LogP contribution >= 0.6 is 0 Å². The molecule has 2 aliphatic carbocycles. The molecule has 0 aromatic carbocycles. The van der Waals surface area contributed by atoms with Gasteiger partial charge >= 0.3 is 0 Å². The first-order valence-corrected chi connectivity index (χ1v) is 7.86. The molecule has 0 saturated heterocycles. The van der Waals surface area contributed by atoms with Gasteiger partial charge in [-0.25, -0.2) is 0 Å². The van der Waals surface area contributed by atoms with E-state index in [1.54, 1.807) is 11.1 Å². The van der Waals surface area contributed by atoms with Crippen molar-refractivity contribution >= 4 is 0 Å². The van der Waals surface area contributed by atoms with Crippen molar-refractivity contribution in [2.45, 2.75) is 71.9 Å². The van der Waals surface area contributed by atoms with Crippen LogP contribution in [0.5, 0.6) is 0 Å². The quantitative estimate of drug-likeness (QED) is 0.760. The zero-order valence-electron chi connectivity index (χ0n) is 13.7. The van der Waals surface area contributed by atoms with Gasteiger partial charge in [0.05, 0.1) is 0 Å². The van der Waals surface area contributed by atoms with Gasteiger partial charge in [0.2, 0.25) is 0 Å². The molecule has 2 bridgehead atoms. The van der Waals surface area contributed by atoms with Crippen LogP contribution in [-0.4, -0.2) is 24.2 Å². The van der Waals surface area contributed by atoms with Gasteiger partial charge in [-0.05, 0) is 72.6 Å². The number of fused-ring (bicyclic) bond motifs is 2. The summed E-state index contributed by atoms with van der Waals surface area (Å²) in [4.78, 5) is 0. The molecular formula is C17H32N2. The number of rotatable bonds is 4. The number of nitrogens with one attached hydrogen (secondary N) is 2. The van der Waals surface area contributed by atoms with E-state index in [1.807, 2.05) is 0 Å². The lowest BCUT2D eigenvalue weighted by Crippen LogP contribution is -2.43. The van der Waals surface area contributed by atoms with Crippen molar-refractivity contribution < 1.29 is 0 Å². The molecule has 19 heavy (non-hydrogen) atoms. The zero-order chi connectivity index (χ0) is 14.3. The van der Waals surface area contributed by atoms with E-state index in [-0.39, 0.29) is 11.1 Å². The van der Waals surface area contributed by atoms with E-state index in [1.165, 1.54) is 19.3 Å². The topological polar surface area (TPSA) is 24.1 Å². The zero-order valence-corrected chi connectivity index (χ0v) is 13.7. The fourth-order valence-corrected chi connectivity index (χ4v) is 3.38. The Balaban J connectivity index is 1.98. The van der Waals surface area contributed by atoms with Gasteiger partial charge in [-0.3, -0.25) is 0 Å².